The maximum atomic E-state index is 6.08. The summed E-state index contributed by atoms with van der Waals surface area (Å²) >= 11 is 0. The van der Waals surface area contributed by atoms with Crippen LogP contribution in [0.25, 0.3) is 12.2 Å². The van der Waals surface area contributed by atoms with Gasteiger partial charge in [-0.25, -0.2) is 0 Å². The van der Waals surface area contributed by atoms with Crippen molar-refractivity contribution in [3.8, 4) is 5.75 Å². The van der Waals surface area contributed by atoms with Gasteiger partial charge in [-0.3, -0.25) is 0 Å². The molecule has 0 bridgehead atoms. The molecular weight excluding hydrogens is 510 g/mol. The summed E-state index contributed by atoms with van der Waals surface area (Å²) < 4.78 is 34.1. The van der Waals surface area contributed by atoms with E-state index in [4.69, 9.17) is 28.1 Å². The molecule has 0 aliphatic carbocycles. The molecule has 0 spiro atoms. The number of rotatable bonds is 20. The molecule has 0 aliphatic rings. The van der Waals surface area contributed by atoms with E-state index in [1.807, 2.05) is 31.3 Å². The first-order chi connectivity index (χ1) is 18.7. The highest BCUT2D eigenvalue weighted by Gasteiger charge is 2.36. The van der Waals surface area contributed by atoms with Gasteiger partial charge in [0.05, 0.1) is 59.5 Å². The molecule has 218 valence electrons. The predicted molar refractivity (Wildman–Crippen MR) is 163 cm³/mol. The Hall–Kier alpha value is -2.20. The Morgan fingerprint density at radius 2 is 1.03 bits per heavy atom. The standard InChI is InChI=1S/C31H49NO6Si/c1-31(2,3)39(5,6)38-26-24-36-22-20-34-18-17-33-19-21-35-23-25-37-30-15-11-28(12-16-30)8-7-27-9-13-29(32-4)14-10-27/h7-16,32H,17-26H2,1-6H3. The van der Waals surface area contributed by atoms with Crippen molar-refractivity contribution in [2.45, 2.75) is 38.9 Å². The van der Waals surface area contributed by atoms with Crippen molar-refractivity contribution in [3.05, 3.63) is 59.7 Å². The van der Waals surface area contributed by atoms with Crippen LogP contribution < -0.4 is 10.1 Å². The van der Waals surface area contributed by atoms with Gasteiger partial charge >= 0.3 is 0 Å². The average Bonchev–Trinajstić information content (AvgIpc) is 2.92. The lowest BCUT2D eigenvalue weighted by Crippen LogP contribution is -2.41. The van der Waals surface area contributed by atoms with Crippen LogP contribution in [0.2, 0.25) is 18.1 Å². The summed E-state index contributed by atoms with van der Waals surface area (Å²) in [5.74, 6) is 0.828. The van der Waals surface area contributed by atoms with Gasteiger partial charge in [0.2, 0.25) is 0 Å². The van der Waals surface area contributed by atoms with Crippen molar-refractivity contribution < 1.29 is 28.1 Å². The Labute approximate surface area is 236 Å². The first-order valence-electron chi connectivity index (χ1n) is 13.8. The van der Waals surface area contributed by atoms with Crippen molar-refractivity contribution in [3.63, 3.8) is 0 Å². The van der Waals surface area contributed by atoms with Crippen LogP contribution in [0.1, 0.15) is 31.9 Å². The van der Waals surface area contributed by atoms with Crippen LogP contribution in [0.15, 0.2) is 48.5 Å². The third-order valence-electron chi connectivity index (χ3n) is 6.66. The predicted octanol–water partition coefficient (Wildman–Crippen LogP) is 6.37. The van der Waals surface area contributed by atoms with Gasteiger partial charge in [0.1, 0.15) is 12.4 Å². The molecule has 0 amide bonds. The highest BCUT2D eigenvalue weighted by atomic mass is 28.4. The second-order valence-electron chi connectivity index (χ2n) is 10.7. The maximum Gasteiger partial charge on any atom is 0.192 e. The number of benzene rings is 2. The second kappa shape index (κ2) is 18.2. The molecule has 39 heavy (non-hydrogen) atoms. The van der Waals surface area contributed by atoms with E-state index in [1.54, 1.807) is 0 Å². The summed E-state index contributed by atoms with van der Waals surface area (Å²) in [6.07, 6.45) is 4.19. The highest BCUT2D eigenvalue weighted by Crippen LogP contribution is 2.36. The first kappa shape index (κ1) is 33.0. The van der Waals surface area contributed by atoms with E-state index in [0.717, 1.165) is 22.6 Å². The number of hydrogen-bond donors (Lipinski definition) is 1. The molecule has 8 heteroatoms. The summed E-state index contributed by atoms with van der Waals surface area (Å²) in [5.41, 5.74) is 3.38. The molecule has 2 aromatic rings. The van der Waals surface area contributed by atoms with E-state index >= 15 is 0 Å². The first-order valence-corrected chi connectivity index (χ1v) is 16.8. The van der Waals surface area contributed by atoms with E-state index < -0.39 is 8.32 Å². The summed E-state index contributed by atoms with van der Waals surface area (Å²) in [7, 11) is 0.228. The number of hydrogen-bond acceptors (Lipinski definition) is 7. The zero-order valence-electron chi connectivity index (χ0n) is 24.8. The molecule has 2 aromatic carbocycles. The van der Waals surface area contributed by atoms with Crippen molar-refractivity contribution in [2.24, 2.45) is 0 Å². The van der Waals surface area contributed by atoms with Gasteiger partial charge in [0.25, 0.3) is 0 Å². The van der Waals surface area contributed by atoms with Gasteiger partial charge < -0.3 is 33.4 Å². The molecule has 0 saturated heterocycles. The van der Waals surface area contributed by atoms with Gasteiger partial charge in [0, 0.05) is 12.7 Å². The normalized spacial score (nSPS) is 12.3. The summed E-state index contributed by atoms with van der Waals surface area (Å²) in [4.78, 5) is 0. The van der Waals surface area contributed by atoms with Crippen LogP contribution in [0, 0.1) is 0 Å². The third-order valence-corrected chi connectivity index (χ3v) is 11.2. The molecule has 0 radical (unpaired) electrons. The van der Waals surface area contributed by atoms with Gasteiger partial charge in [-0.1, -0.05) is 57.2 Å². The fourth-order valence-corrected chi connectivity index (χ4v) is 4.21. The third kappa shape index (κ3) is 14.1. The van der Waals surface area contributed by atoms with Crippen molar-refractivity contribution in [1.29, 1.82) is 0 Å². The molecule has 0 fully saturated rings. The van der Waals surface area contributed by atoms with Crippen LogP contribution in [-0.2, 0) is 23.4 Å². The molecule has 0 saturated carbocycles. The zero-order valence-corrected chi connectivity index (χ0v) is 25.8. The van der Waals surface area contributed by atoms with Crippen molar-refractivity contribution in [1.82, 2.24) is 0 Å². The molecule has 2 rings (SSSR count). The van der Waals surface area contributed by atoms with Gasteiger partial charge in [0.15, 0.2) is 8.32 Å². The van der Waals surface area contributed by atoms with E-state index in [0.29, 0.717) is 66.1 Å². The van der Waals surface area contributed by atoms with E-state index in [2.05, 4.69) is 75.6 Å². The second-order valence-corrected chi connectivity index (χ2v) is 15.5. The topological polar surface area (TPSA) is 67.4 Å². The largest absolute Gasteiger partial charge is 0.491 e. The summed E-state index contributed by atoms with van der Waals surface area (Å²) in [6, 6.07) is 16.3. The average molecular weight is 560 g/mol. The molecule has 0 atom stereocenters. The fraction of sp³-hybridized carbons (Fsp3) is 0.548. The molecule has 0 heterocycles. The van der Waals surface area contributed by atoms with Gasteiger partial charge in [-0.05, 0) is 53.5 Å². The Bertz CT molecular complexity index is 926. The monoisotopic (exact) mass is 559 g/mol. The molecule has 0 aromatic heterocycles. The summed E-state index contributed by atoms with van der Waals surface area (Å²) in [6.45, 7) is 16.7. The smallest absolute Gasteiger partial charge is 0.192 e. The Morgan fingerprint density at radius 3 is 1.46 bits per heavy atom. The van der Waals surface area contributed by atoms with Crippen LogP contribution >= 0.6 is 0 Å². The fourth-order valence-electron chi connectivity index (χ4n) is 3.18. The zero-order chi connectivity index (χ0) is 28.4. The van der Waals surface area contributed by atoms with Gasteiger partial charge in [-0.15, -0.1) is 0 Å². The number of anilines is 1. The van der Waals surface area contributed by atoms with E-state index in [-0.39, 0.29) is 5.04 Å². The number of nitrogens with one attached hydrogen (secondary N) is 1. The minimum atomic E-state index is -1.69. The lowest BCUT2D eigenvalue weighted by molar-refractivity contribution is -0.00737. The van der Waals surface area contributed by atoms with Crippen molar-refractivity contribution in [2.75, 3.05) is 78.4 Å². The molecule has 7 nitrogen and oxygen atoms in total. The SMILES string of the molecule is CNc1ccc(C=Cc2ccc(OCCOCCOCCOCCOCCO[Si](C)(C)C(C)(C)C)cc2)cc1. The lowest BCUT2D eigenvalue weighted by Gasteiger charge is -2.36. The van der Waals surface area contributed by atoms with Crippen LogP contribution in [0.5, 0.6) is 5.75 Å². The van der Waals surface area contributed by atoms with E-state index in [1.165, 1.54) is 0 Å². The quantitative estimate of drug-likeness (QED) is 0.115. The van der Waals surface area contributed by atoms with Crippen LogP contribution in [0.3, 0.4) is 0 Å². The Morgan fingerprint density at radius 1 is 0.615 bits per heavy atom. The maximum absolute atomic E-state index is 6.08. The lowest BCUT2D eigenvalue weighted by atomic mass is 10.1. The van der Waals surface area contributed by atoms with Gasteiger partial charge in [-0.2, -0.15) is 0 Å². The Kier molecular flexibility index (Phi) is 15.4. The van der Waals surface area contributed by atoms with E-state index in [9.17, 15) is 0 Å². The minimum absolute atomic E-state index is 0.223. The Balaban J connectivity index is 1.39. The molecule has 0 aliphatic heterocycles. The molecular formula is C31H49NO6Si. The van der Waals surface area contributed by atoms with Crippen LogP contribution in [0.4, 0.5) is 5.69 Å². The molecule has 0 unspecified atom stereocenters. The van der Waals surface area contributed by atoms with Crippen molar-refractivity contribution >= 4 is 26.2 Å². The molecule has 1 N–H and O–H groups in total. The highest BCUT2D eigenvalue weighted by molar-refractivity contribution is 6.74. The summed E-state index contributed by atoms with van der Waals surface area (Å²) in [5, 5.41) is 3.35. The number of ether oxygens (including phenoxy) is 5. The minimum Gasteiger partial charge on any atom is -0.491 e. The van der Waals surface area contributed by atoms with Crippen LogP contribution in [-0.4, -0.2) is 81.4 Å².